The highest BCUT2D eigenvalue weighted by Gasteiger charge is 2.36. The second-order valence-corrected chi connectivity index (χ2v) is 7.30. The zero-order chi connectivity index (χ0) is 16.0. The number of hydrogen-bond donors (Lipinski definition) is 2. The summed E-state index contributed by atoms with van der Waals surface area (Å²) >= 11 is 8.21. The third-order valence-electron chi connectivity index (χ3n) is 4.24. The first kappa shape index (κ1) is 17.4. The third kappa shape index (κ3) is 4.31. The van der Waals surface area contributed by atoms with Crippen molar-refractivity contribution in [3.63, 3.8) is 0 Å². The number of halogens is 1. The van der Waals surface area contributed by atoms with Crippen molar-refractivity contribution < 1.29 is 0 Å². The molecule has 1 fully saturated rings. The molecule has 0 amide bonds. The van der Waals surface area contributed by atoms with Crippen LogP contribution in [0.2, 0.25) is 5.02 Å². The molecule has 4 nitrogen and oxygen atoms in total. The van der Waals surface area contributed by atoms with E-state index in [0.717, 1.165) is 28.8 Å². The Morgan fingerprint density at radius 1 is 1.36 bits per heavy atom. The molecule has 0 spiro atoms. The number of nitrogens with zero attached hydrogens (tertiary/aromatic N) is 2. The molecule has 0 aliphatic carbocycles. The number of hydrogen-bond acceptors (Lipinski definition) is 3. The molecule has 6 heteroatoms. The van der Waals surface area contributed by atoms with Crippen LogP contribution in [0.5, 0.6) is 0 Å². The minimum absolute atomic E-state index is 0.215. The van der Waals surface area contributed by atoms with Crippen molar-refractivity contribution in [1.29, 1.82) is 0 Å². The Bertz CT molecular complexity index is 513. The molecule has 1 aliphatic rings. The van der Waals surface area contributed by atoms with E-state index >= 15 is 0 Å². The first-order valence-electron chi connectivity index (χ1n) is 7.50. The fourth-order valence-corrected chi connectivity index (χ4v) is 4.29. The van der Waals surface area contributed by atoms with Crippen molar-refractivity contribution in [3.8, 4) is 0 Å². The van der Waals surface area contributed by atoms with Gasteiger partial charge in [0.25, 0.3) is 0 Å². The average Bonchev–Trinajstić information content (AvgIpc) is 2.99. The molecule has 1 aliphatic heterocycles. The van der Waals surface area contributed by atoms with Crippen LogP contribution in [0.3, 0.4) is 0 Å². The minimum Gasteiger partial charge on any atom is -0.355 e. The van der Waals surface area contributed by atoms with E-state index in [1.165, 1.54) is 12.2 Å². The molecule has 0 bridgehead atoms. The van der Waals surface area contributed by atoms with Gasteiger partial charge in [-0.3, -0.25) is 4.99 Å². The van der Waals surface area contributed by atoms with E-state index in [2.05, 4.69) is 34.6 Å². The van der Waals surface area contributed by atoms with Gasteiger partial charge in [0, 0.05) is 36.5 Å². The van der Waals surface area contributed by atoms with E-state index in [1.807, 2.05) is 36.0 Å². The average molecular weight is 341 g/mol. The molecule has 1 saturated heterocycles. The summed E-state index contributed by atoms with van der Waals surface area (Å²) in [7, 11) is 6.12. The number of benzene rings is 1. The fourth-order valence-electron chi connectivity index (χ4n) is 2.54. The molecule has 1 aromatic rings. The van der Waals surface area contributed by atoms with E-state index < -0.39 is 0 Å². The predicted molar refractivity (Wildman–Crippen MR) is 98.0 cm³/mol. The van der Waals surface area contributed by atoms with Gasteiger partial charge in [-0.05, 0) is 37.9 Å². The highest BCUT2D eigenvalue weighted by Crippen LogP contribution is 2.31. The summed E-state index contributed by atoms with van der Waals surface area (Å²) in [6.07, 6.45) is 1.21. The lowest BCUT2D eigenvalue weighted by Crippen LogP contribution is -2.54. The van der Waals surface area contributed by atoms with Crippen LogP contribution in [0.25, 0.3) is 0 Å². The molecule has 0 saturated carbocycles. The highest BCUT2D eigenvalue weighted by molar-refractivity contribution is 7.99. The highest BCUT2D eigenvalue weighted by atomic mass is 35.5. The number of guanidine groups is 1. The minimum atomic E-state index is 0.215. The number of nitrogens with one attached hydrogen (secondary N) is 2. The summed E-state index contributed by atoms with van der Waals surface area (Å²) in [6.45, 7) is 1.57. The molecule has 122 valence electrons. The Hall–Kier alpha value is -0.910. The molecular weight excluding hydrogens is 316 g/mol. The van der Waals surface area contributed by atoms with Crippen LogP contribution in [0.15, 0.2) is 29.3 Å². The van der Waals surface area contributed by atoms with Gasteiger partial charge in [0.05, 0.1) is 0 Å². The van der Waals surface area contributed by atoms with E-state index in [4.69, 9.17) is 11.6 Å². The smallest absolute Gasteiger partial charge is 0.191 e. The van der Waals surface area contributed by atoms with Crippen LogP contribution in [-0.4, -0.2) is 55.6 Å². The first-order valence-corrected chi connectivity index (χ1v) is 9.04. The van der Waals surface area contributed by atoms with Gasteiger partial charge in [0.1, 0.15) is 0 Å². The van der Waals surface area contributed by atoms with Crippen molar-refractivity contribution in [2.75, 3.05) is 39.2 Å². The summed E-state index contributed by atoms with van der Waals surface area (Å²) in [5.74, 6) is 3.21. The number of aliphatic imine (C=N–C) groups is 1. The maximum absolute atomic E-state index is 6.19. The monoisotopic (exact) mass is 340 g/mol. The molecule has 0 radical (unpaired) electrons. The number of thioether (sulfide) groups is 1. The molecule has 1 heterocycles. The van der Waals surface area contributed by atoms with E-state index in [-0.39, 0.29) is 5.54 Å². The van der Waals surface area contributed by atoms with Gasteiger partial charge in [-0.1, -0.05) is 29.8 Å². The summed E-state index contributed by atoms with van der Waals surface area (Å²) < 4.78 is 0. The lowest BCUT2D eigenvalue weighted by molar-refractivity contribution is 0.183. The lowest BCUT2D eigenvalue weighted by atomic mass is 9.97. The third-order valence-corrected chi connectivity index (χ3v) is 5.85. The molecule has 1 aromatic carbocycles. The maximum atomic E-state index is 6.19. The molecule has 1 atom stereocenters. The fraction of sp³-hybridized carbons (Fsp3) is 0.562. The van der Waals surface area contributed by atoms with Crippen LogP contribution in [-0.2, 0) is 6.54 Å². The van der Waals surface area contributed by atoms with Crippen molar-refractivity contribution in [2.24, 2.45) is 4.99 Å². The molecular formula is C16H25ClN4S. The molecule has 1 unspecified atom stereocenters. The normalized spacial score (nSPS) is 22.1. The van der Waals surface area contributed by atoms with E-state index in [9.17, 15) is 0 Å². The zero-order valence-corrected chi connectivity index (χ0v) is 15.1. The quantitative estimate of drug-likeness (QED) is 0.638. The van der Waals surface area contributed by atoms with Gasteiger partial charge < -0.3 is 15.5 Å². The van der Waals surface area contributed by atoms with Crippen LogP contribution in [0, 0.1) is 0 Å². The van der Waals surface area contributed by atoms with E-state index in [0.29, 0.717) is 6.54 Å². The van der Waals surface area contributed by atoms with Gasteiger partial charge in [0.15, 0.2) is 5.96 Å². The van der Waals surface area contributed by atoms with Crippen molar-refractivity contribution in [3.05, 3.63) is 34.9 Å². The zero-order valence-electron chi connectivity index (χ0n) is 13.5. The topological polar surface area (TPSA) is 39.7 Å². The number of likely N-dealkylation sites (N-methyl/N-ethyl adjacent to an activating group) is 1. The Balaban J connectivity index is 1.89. The van der Waals surface area contributed by atoms with Gasteiger partial charge in [-0.15, -0.1) is 0 Å². The summed E-state index contributed by atoms with van der Waals surface area (Å²) in [4.78, 5) is 6.64. The van der Waals surface area contributed by atoms with Gasteiger partial charge in [-0.25, -0.2) is 0 Å². The molecule has 2 rings (SSSR count). The Kier molecular flexibility index (Phi) is 6.41. The van der Waals surface area contributed by atoms with Crippen LogP contribution in [0.1, 0.15) is 12.0 Å². The van der Waals surface area contributed by atoms with Gasteiger partial charge >= 0.3 is 0 Å². The maximum Gasteiger partial charge on any atom is 0.191 e. The standard InChI is InChI=1S/C16H25ClN4S/c1-18-15(19-10-13-6-4-5-7-14(13)17)20-11-16(21(2)3)8-9-22-12-16/h4-7H,8-12H2,1-3H3,(H2,18,19,20). The molecule has 22 heavy (non-hydrogen) atoms. The Morgan fingerprint density at radius 3 is 2.73 bits per heavy atom. The number of rotatable bonds is 5. The lowest BCUT2D eigenvalue weighted by Gasteiger charge is -2.36. The molecule has 2 N–H and O–H groups in total. The molecule has 0 aromatic heterocycles. The first-order chi connectivity index (χ1) is 10.6. The predicted octanol–water partition coefficient (Wildman–Crippen LogP) is 2.44. The second-order valence-electron chi connectivity index (χ2n) is 5.79. The van der Waals surface area contributed by atoms with Crippen LogP contribution in [0.4, 0.5) is 0 Å². The van der Waals surface area contributed by atoms with E-state index in [1.54, 1.807) is 7.05 Å². The van der Waals surface area contributed by atoms with Crippen molar-refractivity contribution >= 4 is 29.3 Å². The summed E-state index contributed by atoms with van der Waals surface area (Å²) in [5, 5.41) is 7.58. The van der Waals surface area contributed by atoms with Gasteiger partial charge in [-0.2, -0.15) is 11.8 Å². The second kappa shape index (κ2) is 8.09. The van der Waals surface area contributed by atoms with Crippen molar-refractivity contribution in [2.45, 2.75) is 18.5 Å². The van der Waals surface area contributed by atoms with Gasteiger partial charge in [0.2, 0.25) is 0 Å². The Morgan fingerprint density at radius 2 is 2.14 bits per heavy atom. The Labute approximate surface area is 142 Å². The van der Waals surface area contributed by atoms with Crippen LogP contribution >= 0.6 is 23.4 Å². The van der Waals surface area contributed by atoms with Crippen molar-refractivity contribution in [1.82, 2.24) is 15.5 Å². The van der Waals surface area contributed by atoms with Crippen LogP contribution < -0.4 is 10.6 Å². The summed E-state index contributed by atoms with van der Waals surface area (Å²) in [5.41, 5.74) is 1.29. The largest absolute Gasteiger partial charge is 0.355 e. The summed E-state index contributed by atoms with van der Waals surface area (Å²) in [6, 6.07) is 7.87. The SMILES string of the molecule is CN=C(NCc1ccccc1Cl)NCC1(N(C)C)CCSC1.